The predicted octanol–water partition coefficient (Wildman–Crippen LogP) is 2.74. The van der Waals surface area contributed by atoms with Crippen molar-refractivity contribution in [1.29, 1.82) is 0 Å². The average Bonchev–Trinajstić information content (AvgIpc) is 2.45. The zero-order valence-electron chi connectivity index (χ0n) is 12.3. The number of carbonyl (C=O) groups excluding carboxylic acids is 1. The van der Waals surface area contributed by atoms with Gasteiger partial charge in [0, 0.05) is 17.0 Å². The van der Waals surface area contributed by atoms with Gasteiger partial charge < -0.3 is 15.8 Å². The molecule has 4 nitrogen and oxygen atoms in total. The van der Waals surface area contributed by atoms with Crippen molar-refractivity contribution < 1.29 is 9.53 Å². The summed E-state index contributed by atoms with van der Waals surface area (Å²) in [6.07, 6.45) is 3.68. The van der Waals surface area contributed by atoms with Crippen LogP contribution in [-0.4, -0.2) is 24.6 Å². The van der Waals surface area contributed by atoms with Crippen LogP contribution in [0.4, 0.5) is 0 Å². The summed E-state index contributed by atoms with van der Waals surface area (Å²) in [4.78, 5) is 12.1. The first kappa shape index (κ1) is 16.1. The average molecular weight is 311 g/mol. The van der Waals surface area contributed by atoms with Crippen molar-refractivity contribution in [2.24, 2.45) is 11.7 Å². The highest BCUT2D eigenvalue weighted by Crippen LogP contribution is 2.23. The van der Waals surface area contributed by atoms with Gasteiger partial charge in [-0.15, -0.1) is 0 Å². The van der Waals surface area contributed by atoms with Gasteiger partial charge in [0.1, 0.15) is 11.9 Å². The van der Waals surface area contributed by atoms with E-state index in [0.717, 1.165) is 25.7 Å². The number of amides is 1. The number of benzene rings is 1. The molecule has 0 saturated heterocycles. The van der Waals surface area contributed by atoms with E-state index in [0.29, 0.717) is 17.3 Å². The van der Waals surface area contributed by atoms with Crippen molar-refractivity contribution in [1.82, 2.24) is 5.32 Å². The van der Waals surface area contributed by atoms with Crippen LogP contribution in [0.25, 0.3) is 0 Å². The number of carbonyl (C=O) groups is 1. The van der Waals surface area contributed by atoms with Crippen LogP contribution < -0.4 is 15.8 Å². The fourth-order valence-electron chi connectivity index (χ4n) is 2.67. The molecular formula is C16H23ClN2O2. The Morgan fingerprint density at radius 3 is 3.05 bits per heavy atom. The summed E-state index contributed by atoms with van der Waals surface area (Å²) in [5, 5.41) is 3.59. The molecule has 5 heteroatoms. The highest BCUT2D eigenvalue weighted by Gasteiger charge is 2.25. The predicted molar refractivity (Wildman–Crippen MR) is 84.5 cm³/mol. The largest absolute Gasteiger partial charge is 0.489 e. The van der Waals surface area contributed by atoms with Crippen LogP contribution >= 0.6 is 11.6 Å². The quantitative estimate of drug-likeness (QED) is 0.879. The van der Waals surface area contributed by atoms with E-state index in [9.17, 15) is 4.79 Å². The van der Waals surface area contributed by atoms with E-state index >= 15 is 0 Å². The molecule has 3 atom stereocenters. The molecule has 0 bridgehead atoms. The van der Waals surface area contributed by atoms with Gasteiger partial charge in [-0.05, 0) is 44.4 Å². The zero-order chi connectivity index (χ0) is 15.2. The van der Waals surface area contributed by atoms with Gasteiger partial charge in [-0.1, -0.05) is 24.1 Å². The van der Waals surface area contributed by atoms with Crippen LogP contribution in [0.15, 0.2) is 24.3 Å². The lowest BCUT2D eigenvalue weighted by Gasteiger charge is -2.26. The molecule has 0 radical (unpaired) electrons. The summed E-state index contributed by atoms with van der Waals surface area (Å²) in [6.45, 7) is 2.41. The molecular weight excluding hydrogens is 288 g/mol. The number of hydrogen-bond acceptors (Lipinski definition) is 3. The molecule has 3 unspecified atom stereocenters. The third-order valence-corrected chi connectivity index (χ3v) is 4.02. The van der Waals surface area contributed by atoms with E-state index in [-0.39, 0.29) is 24.0 Å². The molecule has 2 rings (SSSR count). The van der Waals surface area contributed by atoms with Gasteiger partial charge in [-0.3, -0.25) is 4.79 Å². The number of ether oxygens (including phenoxy) is 1. The minimum Gasteiger partial charge on any atom is -0.489 e. The number of rotatable bonds is 5. The van der Waals surface area contributed by atoms with Gasteiger partial charge in [0.05, 0.1) is 6.54 Å². The van der Waals surface area contributed by atoms with Gasteiger partial charge in [-0.2, -0.15) is 0 Å². The molecule has 1 aliphatic rings. The van der Waals surface area contributed by atoms with Crippen molar-refractivity contribution >= 4 is 17.5 Å². The summed E-state index contributed by atoms with van der Waals surface area (Å²) in [7, 11) is 0. The lowest BCUT2D eigenvalue weighted by Crippen LogP contribution is -2.41. The number of halogens is 1. The topological polar surface area (TPSA) is 64.4 Å². The summed E-state index contributed by atoms with van der Waals surface area (Å²) >= 11 is 5.91. The highest BCUT2D eigenvalue weighted by molar-refractivity contribution is 6.30. The summed E-state index contributed by atoms with van der Waals surface area (Å²) < 4.78 is 5.73. The third kappa shape index (κ3) is 5.21. The Hall–Kier alpha value is -1.26. The first-order valence-corrected chi connectivity index (χ1v) is 7.88. The minimum absolute atomic E-state index is 0.0483. The molecule has 1 saturated carbocycles. The van der Waals surface area contributed by atoms with E-state index in [2.05, 4.69) is 5.32 Å². The second-order valence-electron chi connectivity index (χ2n) is 5.75. The molecule has 1 aliphatic carbocycles. The van der Waals surface area contributed by atoms with E-state index in [1.54, 1.807) is 12.1 Å². The lowest BCUT2D eigenvalue weighted by atomic mass is 9.85. The maximum atomic E-state index is 12.1. The van der Waals surface area contributed by atoms with Gasteiger partial charge in [0.25, 0.3) is 0 Å². The molecule has 0 spiro atoms. The summed E-state index contributed by atoms with van der Waals surface area (Å²) in [5.74, 6) is 0.850. The van der Waals surface area contributed by atoms with Crippen molar-refractivity contribution in [3.05, 3.63) is 29.3 Å². The second kappa shape index (κ2) is 7.66. The number of nitrogens with one attached hydrogen (secondary N) is 1. The SMILES string of the molecule is CC(CNC(=O)C1CCCC(N)C1)Oc1cccc(Cl)c1. The molecule has 0 aliphatic heterocycles. The van der Waals surface area contributed by atoms with Crippen LogP contribution in [0, 0.1) is 5.92 Å². The fraction of sp³-hybridized carbons (Fsp3) is 0.562. The summed E-state index contributed by atoms with van der Waals surface area (Å²) in [5.41, 5.74) is 5.92. The van der Waals surface area contributed by atoms with Gasteiger partial charge in [0.2, 0.25) is 5.91 Å². The van der Waals surface area contributed by atoms with E-state index < -0.39 is 0 Å². The van der Waals surface area contributed by atoms with Crippen molar-refractivity contribution in [3.63, 3.8) is 0 Å². The Morgan fingerprint density at radius 1 is 1.52 bits per heavy atom. The smallest absolute Gasteiger partial charge is 0.223 e. The van der Waals surface area contributed by atoms with E-state index in [1.165, 1.54) is 0 Å². The van der Waals surface area contributed by atoms with Gasteiger partial charge in [-0.25, -0.2) is 0 Å². The van der Waals surface area contributed by atoms with Crippen molar-refractivity contribution in [2.75, 3.05) is 6.54 Å². The van der Waals surface area contributed by atoms with Crippen LogP contribution in [-0.2, 0) is 4.79 Å². The van der Waals surface area contributed by atoms with E-state index in [1.807, 2.05) is 19.1 Å². The second-order valence-corrected chi connectivity index (χ2v) is 6.19. The fourth-order valence-corrected chi connectivity index (χ4v) is 2.85. The molecule has 1 aromatic rings. The monoisotopic (exact) mass is 310 g/mol. The van der Waals surface area contributed by atoms with Crippen LogP contribution in [0.3, 0.4) is 0 Å². The first-order chi connectivity index (χ1) is 10.0. The van der Waals surface area contributed by atoms with Gasteiger partial charge >= 0.3 is 0 Å². The molecule has 1 fully saturated rings. The Balaban J connectivity index is 1.75. The normalized spacial score (nSPS) is 23.4. The molecule has 3 N–H and O–H groups in total. The third-order valence-electron chi connectivity index (χ3n) is 3.78. The van der Waals surface area contributed by atoms with E-state index in [4.69, 9.17) is 22.1 Å². The zero-order valence-corrected chi connectivity index (χ0v) is 13.1. The Bertz CT molecular complexity index is 481. The lowest BCUT2D eigenvalue weighted by molar-refractivity contribution is -0.126. The molecule has 0 aromatic heterocycles. The maximum absolute atomic E-state index is 12.1. The summed E-state index contributed by atoms with van der Waals surface area (Å²) in [6, 6.07) is 7.42. The standard InChI is InChI=1S/C16H23ClN2O2/c1-11(21-15-7-3-5-13(17)9-15)10-19-16(20)12-4-2-6-14(18)8-12/h3,5,7,9,11-12,14H,2,4,6,8,10,18H2,1H3,(H,19,20). The maximum Gasteiger partial charge on any atom is 0.223 e. The van der Waals surface area contributed by atoms with Crippen LogP contribution in [0.2, 0.25) is 5.02 Å². The Morgan fingerprint density at radius 2 is 2.33 bits per heavy atom. The molecule has 1 aromatic carbocycles. The molecule has 0 heterocycles. The van der Waals surface area contributed by atoms with Crippen molar-refractivity contribution in [3.8, 4) is 5.75 Å². The number of nitrogens with two attached hydrogens (primary N) is 1. The molecule has 116 valence electrons. The van der Waals surface area contributed by atoms with Crippen LogP contribution in [0.5, 0.6) is 5.75 Å². The van der Waals surface area contributed by atoms with Gasteiger partial charge in [0.15, 0.2) is 0 Å². The minimum atomic E-state index is -0.107. The molecule has 1 amide bonds. The highest BCUT2D eigenvalue weighted by atomic mass is 35.5. The van der Waals surface area contributed by atoms with Crippen molar-refractivity contribution in [2.45, 2.75) is 44.8 Å². The Kier molecular flexibility index (Phi) is 5.88. The number of hydrogen-bond donors (Lipinski definition) is 2. The van der Waals surface area contributed by atoms with Crippen LogP contribution in [0.1, 0.15) is 32.6 Å². The molecule has 21 heavy (non-hydrogen) atoms. The Labute approximate surface area is 131 Å². The first-order valence-electron chi connectivity index (χ1n) is 7.50.